The van der Waals surface area contributed by atoms with Crippen LogP contribution in [0.2, 0.25) is 0 Å². The standard InChI is InChI=1S/C30H43N3O3/c1-5-7-19-32(20-8-6-2)27-15-13-26(14-16-27)31-28(34)30(33(29(35)36)22-23(3)4)18-17-24-11-9-10-12-25(24)21-30/h9-16,23H,5-8,17-22H2,1-4H3,(H,31,34)(H,35,36)/t30-/m0/s1. The number of carbonyl (C=O) groups excluding carboxylic acids is 1. The molecular weight excluding hydrogens is 450 g/mol. The predicted octanol–water partition coefficient (Wildman–Crippen LogP) is 6.60. The summed E-state index contributed by atoms with van der Waals surface area (Å²) >= 11 is 0. The molecule has 2 aromatic carbocycles. The lowest BCUT2D eigenvalue weighted by atomic mass is 9.75. The third-order valence-corrected chi connectivity index (χ3v) is 7.18. The summed E-state index contributed by atoms with van der Waals surface area (Å²) in [5, 5.41) is 13.3. The Balaban J connectivity index is 1.86. The molecule has 0 aliphatic heterocycles. The largest absolute Gasteiger partial charge is 0.465 e. The Kier molecular flexibility index (Phi) is 9.80. The molecule has 2 N–H and O–H groups in total. The molecule has 3 rings (SSSR count). The van der Waals surface area contributed by atoms with Crippen LogP contribution in [0.5, 0.6) is 0 Å². The Morgan fingerprint density at radius 1 is 0.972 bits per heavy atom. The van der Waals surface area contributed by atoms with Gasteiger partial charge < -0.3 is 15.3 Å². The average Bonchev–Trinajstić information content (AvgIpc) is 2.87. The molecule has 196 valence electrons. The lowest BCUT2D eigenvalue weighted by Crippen LogP contribution is -2.62. The molecule has 0 aromatic heterocycles. The number of nitrogens with zero attached hydrogens (tertiary/aromatic N) is 2. The molecule has 6 heteroatoms. The summed E-state index contributed by atoms with van der Waals surface area (Å²) in [6.45, 7) is 10.7. The summed E-state index contributed by atoms with van der Waals surface area (Å²) in [5.74, 6) is -0.138. The smallest absolute Gasteiger partial charge is 0.408 e. The molecule has 0 unspecified atom stereocenters. The number of hydrogen-bond donors (Lipinski definition) is 2. The van der Waals surface area contributed by atoms with Crippen molar-refractivity contribution in [2.24, 2.45) is 5.92 Å². The fraction of sp³-hybridized carbons (Fsp3) is 0.533. The van der Waals surface area contributed by atoms with E-state index in [1.807, 2.05) is 44.2 Å². The first kappa shape index (κ1) is 27.6. The van der Waals surface area contributed by atoms with Crippen molar-refractivity contribution in [2.45, 2.75) is 78.2 Å². The van der Waals surface area contributed by atoms with Crippen LogP contribution < -0.4 is 10.2 Å². The van der Waals surface area contributed by atoms with Crippen molar-refractivity contribution in [3.05, 3.63) is 59.7 Å². The zero-order valence-electron chi connectivity index (χ0n) is 22.4. The number of fused-ring (bicyclic) bond motifs is 1. The number of benzene rings is 2. The number of aryl methyl sites for hydroxylation is 1. The fourth-order valence-electron chi connectivity index (χ4n) is 5.14. The van der Waals surface area contributed by atoms with Crippen molar-refractivity contribution < 1.29 is 14.7 Å². The number of unbranched alkanes of at least 4 members (excludes halogenated alkanes) is 2. The van der Waals surface area contributed by atoms with Gasteiger partial charge in [-0.15, -0.1) is 0 Å². The summed E-state index contributed by atoms with van der Waals surface area (Å²) < 4.78 is 0. The van der Waals surface area contributed by atoms with Gasteiger partial charge in [-0.3, -0.25) is 9.69 Å². The lowest BCUT2D eigenvalue weighted by Gasteiger charge is -2.44. The van der Waals surface area contributed by atoms with E-state index in [1.54, 1.807) is 0 Å². The molecule has 0 saturated carbocycles. The summed E-state index contributed by atoms with van der Waals surface area (Å²) in [4.78, 5) is 30.1. The zero-order chi connectivity index (χ0) is 26.1. The summed E-state index contributed by atoms with van der Waals surface area (Å²) in [6.07, 6.45) is 5.07. The Labute approximate surface area is 216 Å². The number of carboxylic acid groups (broad SMARTS) is 1. The van der Waals surface area contributed by atoms with E-state index < -0.39 is 11.6 Å². The number of nitrogens with one attached hydrogen (secondary N) is 1. The van der Waals surface area contributed by atoms with Crippen LogP contribution in [-0.2, 0) is 17.6 Å². The third kappa shape index (κ3) is 6.59. The van der Waals surface area contributed by atoms with Gasteiger partial charge in [0.05, 0.1) is 0 Å². The summed E-state index contributed by atoms with van der Waals surface area (Å²) in [6, 6.07) is 16.1. The average molecular weight is 494 g/mol. The van der Waals surface area contributed by atoms with Crippen molar-refractivity contribution >= 4 is 23.4 Å². The van der Waals surface area contributed by atoms with Crippen molar-refractivity contribution in [3.63, 3.8) is 0 Å². The Morgan fingerprint density at radius 3 is 2.14 bits per heavy atom. The summed E-state index contributed by atoms with van der Waals surface area (Å²) in [7, 11) is 0. The second-order valence-electron chi connectivity index (χ2n) is 10.5. The fourth-order valence-corrected chi connectivity index (χ4v) is 5.14. The van der Waals surface area contributed by atoms with Gasteiger partial charge >= 0.3 is 6.09 Å². The van der Waals surface area contributed by atoms with E-state index in [0.717, 1.165) is 50.0 Å². The number of carbonyl (C=O) groups is 2. The van der Waals surface area contributed by atoms with E-state index in [4.69, 9.17) is 0 Å². The van der Waals surface area contributed by atoms with Crippen molar-refractivity contribution in [1.29, 1.82) is 0 Å². The highest BCUT2D eigenvalue weighted by Crippen LogP contribution is 2.35. The first-order valence-electron chi connectivity index (χ1n) is 13.5. The quantitative estimate of drug-likeness (QED) is 0.350. The van der Waals surface area contributed by atoms with Gasteiger partial charge in [-0.25, -0.2) is 4.79 Å². The van der Waals surface area contributed by atoms with Crippen LogP contribution in [0, 0.1) is 5.92 Å². The highest BCUT2D eigenvalue weighted by Gasteiger charge is 2.48. The van der Waals surface area contributed by atoms with Crippen LogP contribution in [-0.4, -0.2) is 47.2 Å². The second kappa shape index (κ2) is 12.8. The number of amides is 2. The van der Waals surface area contributed by atoms with Gasteiger partial charge in [0.15, 0.2) is 0 Å². The van der Waals surface area contributed by atoms with Crippen LogP contribution in [0.1, 0.15) is 70.9 Å². The van der Waals surface area contributed by atoms with E-state index in [9.17, 15) is 14.7 Å². The minimum Gasteiger partial charge on any atom is -0.465 e. The Hall–Kier alpha value is -3.02. The normalized spacial score (nSPS) is 16.9. The Bertz CT molecular complexity index is 997. The minimum atomic E-state index is -1.14. The van der Waals surface area contributed by atoms with Crippen LogP contribution in [0.15, 0.2) is 48.5 Å². The number of anilines is 2. The van der Waals surface area contributed by atoms with Crippen LogP contribution in [0.4, 0.5) is 16.2 Å². The van der Waals surface area contributed by atoms with Gasteiger partial charge in [0.25, 0.3) is 5.91 Å². The van der Waals surface area contributed by atoms with Crippen LogP contribution in [0.3, 0.4) is 0 Å². The number of hydrogen-bond acceptors (Lipinski definition) is 3. The minimum absolute atomic E-state index is 0.111. The van der Waals surface area contributed by atoms with Gasteiger partial charge in [-0.1, -0.05) is 64.8 Å². The maximum Gasteiger partial charge on any atom is 0.408 e. The molecule has 2 amide bonds. The summed E-state index contributed by atoms with van der Waals surface area (Å²) in [5.41, 5.74) is 2.95. The van der Waals surface area contributed by atoms with Gasteiger partial charge in [0, 0.05) is 37.4 Å². The van der Waals surface area contributed by atoms with Gasteiger partial charge in [-0.05, 0) is 67.0 Å². The highest BCUT2D eigenvalue weighted by atomic mass is 16.4. The second-order valence-corrected chi connectivity index (χ2v) is 10.5. The number of rotatable bonds is 12. The maximum atomic E-state index is 13.9. The van der Waals surface area contributed by atoms with E-state index in [0.29, 0.717) is 31.5 Å². The van der Waals surface area contributed by atoms with Crippen molar-refractivity contribution in [3.8, 4) is 0 Å². The first-order chi connectivity index (χ1) is 17.3. The van der Waals surface area contributed by atoms with Crippen molar-refractivity contribution in [1.82, 2.24) is 4.90 Å². The molecule has 1 aliphatic rings. The van der Waals surface area contributed by atoms with E-state index in [1.165, 1.54) is 10.5 Å². The molecule has 36 heavy (non-hydrogen) atoms. The molecule has 2 aromatic rings. The molecule has 0 saturated heterocycles. The molecule has 0 bridgehead atoms. The third-order valence-electron chi connectivity index (χ3n) is 7.18. The van der Waals surface area contributed by atoms with E-state index >= 15 is 0 Å². The zero-order valence-corrected chi connectivity index (χ0v) is 22.4. The molecule has 0 radical (unpaired) electrons. The first-order valence-corrected chi connectivity index (χ1v) is 13.5. The van der Waals surface area contributed by atoms with Gasteiger partial charge in [0.1, 0.15) is 5.54 Å². The molecule has 1 aliphatic carbocycles. The molecule has 6 nitrogen and oxygen atoms in total. The monoisotopic (exact) mass is 493 g/mol. The molecule has 0 fully saturated rings. The topological polar surface area (TPSA) is 72.9 Å². The van der Waals surface area contributed by atoms with Crippen LogP contribution in [0.25, 0.3) is 0 Å². The molecular formula is C30H43N3O3. The van der Waals surface area contributed by atoms with E-state index in [2.05, 4.69) is 42.3 Å². The lowest BCUT2D eigenvalue weighted by molar-refractivity contribution is -0.128. The Morgan fingerprint density at radius 2 is 1.58 bits per heavy atom. The van der Waals surface area contributed by atoms with Crippen molar-refractivity contribution in [2.75, 3.05) is 29.9 Å². The highest BCUT2D eigenvalue weighted by molar-refractivity contribution is 6.00. The van der Waals surface area contributed by atoms with Crippen LogP contribution >= 0.6 is 0 Å². The maximum absolute atomic E-state index is 13.9. The SMILES string of the molecule is CCCCN(CCCC)c1ccc(NC(=O)[C@]2(N(CC(C)C)C(=O)O)CCc3ccccc3C2)cc1. The molecule has 0 spiro atoms. The van der Waals surface area contributed by atoms with E-state index in [-0.39, 0.29) is 11.8 Å². The molecule has 0 heterocycles. The van der Waals surface area contributed by atoms with Gasteiger partial charge in [-0.2, -0.15) is 0 Å². The molecule has 1 atom stereocenters. The van der Waals surface area contributed by atoms with Gasteiger partial charge in [0.2, 0.25) is 0 Å². The predicted molar refractivity (Wildman–Crippen MR) is 148 cm³/mol.